The molecule has 0 heterocycles. The van der Waals surface area contributed by atoms with Crippen molar-refractivity contribution in [2.75, 3.05) is 46.9 Å². The minimum atomic E-state index is -0.521. The van der Waals surface area contributed by atoms with Gasteiger partial charge in [-0.25, -0.2) is 5.48 Å². The number of hydroxylamine groups is 1. The first kappa shape index (κ1) is 24.9. The van der Waals surface area contributed by atoms with E-state index in [2.05, 4.69) is 38.3 Å². The molecule has 32 heavy (non-hydrogen) atoms. The van der Waals surface area contributed by atoms with Crippen LogP contribution in [0.2, 0.25) is 0 Å². The van der Waals surface area contributed by atoms with Crippen LogP contribution < -0.4 is 11.2 Å². The van der Waals surface area contributed by atoms with Gasteiger partial charge < -0.3 is 25.3 Å². The zero-order valence-corrected chi connectivity index (χ0v) is 21.1. The first-order chi connectivity index (χ1) is 15.2. The third-order valence-electron chi connectivity index (χ3n) is 10.5. The summed E-state index contributed by atoms with van der Waals surface area (Å²) in [5.74, 6) is 2.32. The van der Waals surface area contributed by atoms with Crippen LogP contribution in [0.15, 0.2) is 0 Å². The lowest BCUT2D eigenvalue weighted by Gasteiger charge is -2.63. The monoisotopic (exact) mass is 451 g/mol. The zero-order valence-electron chi connectivity index (χ0n) is 21.1. The first-order valence-corrected chi connectivity index (χ1v) is 13.3. The van der Waals surface area contributed by atoms with E-state index in [9.17, 15) is 5.11 Å². The van der Waals surface area contributed by atoms with Crippen LogP contribution in [-0.2, 0) is 9.57 Å². The largest absolute Gasteiger partial charge is 0.389 e. The van der Waals surface area contributed by atoms with Crippen molar-refractivity contribution in [2.45, 2.75) is 83.3 Å². The number of fused-ring (bicyclic) bond motifs is 5. The van der Waals surface area contributed by atoms with Gasteiger partial charge in [0.2, 0.25) is 0 Å². The first-order valence-electron chi connectivity index (χ1n) is 13.3. The molecule has 4 aliphatic rings. The molecule has 0 aromatic carbocycles. The molecule has 0 saturated heterocycles. The van der Waals surface area contributed by atoms with E-state index in [1.165, 1.54) is 32.1 Å². The number of hydrogen-bond acceptors (Lipinski definition) is 6. The molecule has 6 heteroatoms. The molecular formula is C26H49N3O3. The lowest BCUT2D eigenvalue weighted by atomic mass is 9.43. The normalized spacial score (nSPS) is 46.0. The predicted octanol–water partition coefficient (Wildman–Crippen LogP) is 3.19. The number of nitrogens with two attached hydrogens (primary N) is 1. The second kappa shape index (κ2) is 9.79. The van der Waals surface area contributed by atoms with E-state index in [4.69, 9.17) is 15.3 Å². The smallest absolute Gasteiger partial charge is 0.0809 e. The Balaban J connectivity index is 1.40. The van der Waals surface area contributed by atoms with Gasteiger partial charge in [-0.1, -0.05) is 13.8 Å². The van der Waals surface area contributed by atoms with Crippen molar-refractivity contribution in [2.24, 2.45) is 40.2 Å². The molecule has 0 spiro atoms. The van der Waals surface area contributed by atoms with Crippen LogP contribution in [0.5, 0.6) is 0 Å². The van der Waals surface area contributed by atoms with Crippen molar-refractivity contribution in [3.8, 4) is 0 Å². The van der Waals surface area contributed by atoms with Crippen molar-refractivity contribution in [1.29, 1.82) is 0 Å². The molecule has 6 nitrogen and oxygen atoms in total. The summed E-state index contributed by atoms with van der Waals surface area (Å²) in [5.41, 5.74) is 8.74. The minimum Gasteiger partial charge on any atom is -0.389 e. The zero-order chi connectivity index (χ0) is 23.0. The molecule has 0 amide bonds. The topological polar surface area (TPSA) is 80.0 Å². The van der Waals surface area contributed by atoms with Gasteiger partial charge in [0, 0.05) is 25.0 Å². The lowest BCUT2D eigenvalue weighted by molar-refractivity contribution is -0.212. The van der Waals surface area contributed by atoms with Gasteiger partial charge in [0.05, 0.1) is 24.9 Å². The summed E-state index contributed by atoms with van der Waals surface area (Å²) in [6, 6.07) is 0. The second-order valence-corrected chi connectivity index (χ2v) is 12.2. The van der Waals surface area contributed by atoms with Crippen molar-refractivity contribution in [3.05, 3.63) is 0 Å². The van der Waals surface area contributed by atoms with Crippen LogP contribution in [0.25, 0.3) is 0 Å². The third kappa shape index (κ3) is 4.29. The standard InChI is InChI=1S/C26H49N3O3/c1-24-10-8-21(31-15-13-27)17-19(24)5-6-23-22(24)9-11-25(2)20(7-12-26(23,25)30)18-28-32-16-14-29(3)4/h19-23,28,30H,5-18,27H2,1-4H3/t19-,20-,21+,22+,23-,24+,25-,26+/m1/s1. The van der Waals surface area contributed by atoms with Crippen LogP contribution >= 0.6 is 0 Å². The van der Waals surface area contributed by atoms with Crippen molar-refractivity contribution >= 4 is 0 Å². The molecule has 0 radical (unpaired) electrons. The molecule has 0 aromatic heterocycles. The van der Waals surface area contributed by atoms with Gasteiger partial charge in [-0.2, -0.15) is 0 Å². The number of nitrogens with one attached hydrogen (secondary N) is 1. The summed E-state index contributed by atoms with van der Waals surface area (Å²) in [4.78, 5) is 7.83. The fourth-order valence-corrected chi connectivity index (χ4v) is 8.47. The Hall–Kier alpha value is -0.240. The maximum atomic E-state index is 12.3. The average Bonchev–Trinajstić information content (AvgIpc) is 3.02. The van der Waals surface area contributed by atoms with E-state index >= 15 is 0 Å². The van der Waals surface area contributed by atoms with E-state index in [1.54, 1.807) is 0 Å². The highest BCUT2D eigenvalue weighted by atomic mass is 16.6. The molecule has 0 bridgehead atoms. The molecule has 8 atom stereocenters. The van der Waals surface area contributed by atoms with Crippen LogP contribution in [0.3, 0.4) is 0 Å². The van der Waals surface area contributed by atoms with Gasteiger partial charge in [-0.05, 0) is 101 Å². The number of aliphatic hydroxyl groups is 1. The highest BCUT2D eigenvalue weighted by Gasteiger charge is 2.67. The van der Waals surface area contributed by atoms with Gasteiger partial charge >= 0.3 is 0 Å². The van der Waals surface area contributed by atoms with Crippen LogP contribution in [0.1, 0.15) is 71.6 Å². The van der Waals surface area contributed by atoms with Crippen LogP contribution in [0, 0.1) is 34.5 Å². The molecule has 4 N–H and O–H groups in total. The summed E-state index contributed by atoms with van der Waals surface area (Å²) in [6.45, 7) is 8.70. The number of hydrogen-bond donors (Lipinski definition) is 3. The molecule has 4 fully saturated rings. The lowest BCUT2D eigenvalue weighted by Crippen LogP contribution is -2.62. The summed E-state index contributed by atoms with van der Waals surface area (Å²) in [6.07, 6.45) is 10.9. The molecular weight excluding hydrogens is 402 g/mol. The molecule has 4 rings (SSSR count). The summed E-state index contributed by atoms with van der Waals surface area (Å²) >= 11 is 0. The highest BCUT2D eigenvalue weighted by molar-refractivity contribution is 5.16. The van der Waals surface area contributed by atoms with Crippen LogP contribution in [-0.4, -0.2) is 68.7 Å². The fourth-order valence-electron chi connectivity index (χ4n) is 8.47. The highest BCUT2D eigenvalue weighted by Crippen LogP contribution is 2.68. The van der Waals surface area contributed by atoms with Crippen LogP contribution in [0.4, 0.5) is 0 Å². The molecule has 4 saturated carbocycles. The van der Waals surface area contributed by atoms with Gasteiger partial charge in [0.25, 0.3) is 0 Å². The molecule has 4 aliphatic carbocycles. The van der Waals surface area contributed by atoms with Gasteiger partial charge in [0.15, 0.2) is 0 Å². The van der Waals surface area contributed by atoms with E-state index in [0.29, 0.717) is 49.0 Å². The number of rotatable bonds is 9. The van der Waals surface area contributed by atoms with Gasteiger partial charge in [-0.15, -0.1) is 0 Å². The van der Waals surface area contributed by atoms with E-state index < -0.39 is 5.60 Å². The summed E-state index contributed by atoms with van der Waals surface area (Å²) in [7, 11) is 4.13. The van der Waals surface area contributed by atoms with E-state index in [1.807, 2.05) is 0 Å². The molecule has 0 aromatic rings. The maximum absolute atomic E-state index is 12.3. The van der Waals surface area contributed by atoms with Gasteiger partial charge in [-0.3, -0.25) is 0 Å². The Morgan fingerprint density at radius 1 is 1.00 bits per heavy atom. The average molecular weight is 452 g/mol. The van der Waals surface area contributed by atoms with Crippen molar-refractivity contribution in [1.82, 2.24) is 10.4 Å². The second-order valence-electron chi connectivity index (χ2n) is 12.2. The summed E-state index contributed by atoms with van der Waals surface area (Å²) < 4.78 is 6.05. The SMILES string of the molecule is CN(C)CCONC[C@H]1CC[C@]2(O)[C@@H]3CC[C@@H]4C[C@@H](OCCN)CC[C@]4(C)[C@H]3CC[C@]12C. The third-order valence-corrected chi connectivity index (χ3v) is 10.5. The van der Waals surface area contributed by atoms with E-state index in [0.717, 1.165) is 44.7 Å². The quantitative estimate of drug-likeness (QED) is 0.369. The number of likely N-dealkylation sites (N-methyl/N-ethyl adjacent to an activating group) is 1. The Morgan fingerprint density at radius 3 is 2.56 bits per heavy atom. The Kier molecular flexibility index (Phi) is 7.61. The van der Waals surface area contributed by atoms with Crippen molar-refractivity contribution < 1.29 is 14.7 Å². The fraction of sp³-hybridized carbons (Fsp3) is 1.00. The molecule has 186 valence electrons. The Labute approximate surface area is 195 Å². The number of ether oxygens (including phenoxy) is 1. The van der Waals surface area contributed by atoms with Crippen molar-refractivity contribution in [3.63, 3.8) is 0 Å². The van der Waals surface area contributed by atoms with Gasteiger partial charge in [0.1, 0.15) is 0 Å². The number of nitrogens with zero attached hydrogens (tertiary/aromatic N) is 1. The Bertz CT molecular complexity index is 633. The minimum absolute atomic E-state index is 0.00326. The maximum Gasteiger partial charge on any atom is 0.0809 e. The van der Waals surface area contributed by atoms with E-state index in [-0.39, 0.29) is 5.41 Å². The molecule has 0 aliphatic heterocycles. The molecule has 0 unspecified atom stereocenters. The Morgan fingerprint density at radius 2 is 1.81 bits per heavy atom. The predicted molar refractivity (Wildman–Crippen MR) is 128 cm³/mol. The summed E-state index contributed by atoms with van der Waals surface area (Å²) in [5, 5.41) is 12.3.